The molecule has 20 heavy (non-hydrogen) atoms. The molecule has 0 bridgehead atoms. The average Bonchev–Trinajstić information content (AvgIpc) is 2.96. The molecule has 2 nitrogen and oxygen atoms in total. The number of benzene rings is 1. The van der Waals surface area contributed by atoms with Crippen LogP contribution in [0.1, 0.15) is 57.1 Å². The molecule has 1 aliphatic carbocycles. The summed E-state index contributed by atoms with van der Waals surface area (Å²) in [6, 6.07) is 5.12. The first-order valence-corrected chi connectivity index (χ1v) is 7.77. The number of methoxy groups -OCH3 is 1. The number of halogens is 1. The molecule has 1 N–H and O–H groups in total. The minimum atomic E-state index is -0.194. The standard InChI is InChI=1S/C17H26FNO/c1-13(16-10-9-15(20-2)12-17(16)18)19-11-5-8-14-6-3-4-7-14/h9-10,12-14,19H,3-8,11H2,1-2H3. The Labute approximate surface area is 121 Å². The lowest BCUT2D eigenvalue weighted by atomic mass is 10.0. The van der Waals surface area contributed by atoms with Crippen molar-refractivity contribution in [3.8, 4) is 5.75 Å². The molecule has 2 rings (SSSR count). The molecular weight excluding hydrogens is 253 g/mol. The van der Waals surface area contributed by atoms with Gasteiger partial charge in [0.1, 0.15) is 11.6 Å². The van der Waals surface area contributed by atoms with E-state index in [9.17, 15) is 4.39 Å². The second kappa shape index (κ2) is 7.63. The lowest BCUT2D eigenvalue weighted by Crippen LogP contribution is -2.21. The molecule has 1 fully saturated rings. The molecule has 112 valence electrons. The fourth-order valence-electron chi connectivity index (χ4n) is 3.10. The van der Waals surface area contributed by atoms with Crippen LogP contribution in [0.2, 0.25) is 0 Å². The summed E-state index contributed by atoms with van der Waals surface area (Å²) in [7, 11) is 1.55. The van der Waals surface area contributed by atoms with Crippen molar-refractivity contribution >= 4 is 0 Å². The fourth-order valence-corrected chi connectivity index (χ4v) is 3.10. The van der Waals surface area contributed by atoms with E-state index in [2.05, 4.69) is 5.32 Å². The maximum absolute atomic E-state index is 13.9. The first kappa shape index (κ1) is 15.3. The highest BCUT2D eigenvalue weighted by Crippen LogP contribution is 2.28. The molecule has 0 aliphatic heterocycles. The summed E-state index contributed by atoms with van der Waals surface area (Å²) in [6.07, 6.45) is 8.13. The molecule has 0 amide bonds. The highest BCUT2D eigenvalue weighted by Gasteiger charge is 2.15. The van der Waals surface area contributed by atoms with E-state index in [0.29, 0.717) is 11.3 Å². The molecule has 3 heteroatoms. The van der Waals surface area contributed by atoms with Crippen molar-refractivity contribution in [3.05, 3.63) is 29.6 Å². The second-order valence-electron chi connectivity index (χ2n) is 5.86. The number of ether oxygens (including phenoxy) is 1. The zero-order chi connectivity index (χ0) is 14.4. The Balaban J connectivity index is 1.74. The Morgan fingerprint density at radius 1 is 1.35 bits per heavy atom. The van der Waals surface area contributed by atoms with E-state index in [1.807, 2.05) is 19.1 Å². The predicted octanol–water partition coefficient (Wildman–Crippen LogP) is 4.46. The minimum absolute atomic E-state index is 0.0458. The molecule has 0 saturated heterocycles. The Morgan fingerprint density at radius 3 is 2.75 bits per heavy atom. The van der Waals surface area contributed by atoms with E-state index in [0.717, 1.165) is 12.5 Å². The van der Waals surface area contributed by atoms with Crippen LogP contribution in [0.25, 0.3) is 0 Å². The molecule has 0 radical (unpaired) electrons. The molecule has 1 aromatic carbocycles. The van der Waals surface area contributed by atoms with E-state index in [1.165, 1.54) is 44.6 Å². The van der Waals surface area contributed by atoms with Crippen molar-refractivity contribution in [2.24, 2.45) is 5.92 Å². The number of nitrogens with one attached hydrogen (secondary N) is 1. The summed E-state index contributed by atoms with van der Waals surface area (Å²) >= 11 is 0. The predicted molar refractivity (Wildman–Crippen MR) is 80.6 cm³/mol. The van der Waals surface area contributed by atoms with Crippen molar-refractivity contribution in [3.63, 3.8) is 0 Å². The van der Waals surface area contributed by atoms with Gasteiger partial charge in [0.2, 0.25) is 0 Å². The van der Waals surface area contributed by atoms with Gasteiger partial charge in [-0.05, 0) is 38.3 Å². The van der Waals surface area contributed by atoms with Crippen LogP contribution in [-0.4, -0.2) is 13.7 Å². The molecule has 0 heterocycles. The first-order valence-electron chi connectivity index (χ1n) is 7.77. The maximum Gasteiger partial charge on any atom is 0.131 e. The van der Waals surface area contributed by atoms with Gasteiger partial charge in [0.05, 0.1) is 7.11 Å². The van der Waals surface area contributed by atoms with Gasteiger partial charge in [-0.1, -0.05) is 31.7 Å². The van der Waals surface area contributed by atoms with Crippen LogP contribution >= 0.6 is 0 Å². The Morgan fingerprint density at radius 2 is 2.10 bits per heavy atom. The first-order chi connectivity index (χ1) is 9.70. The number of rotatable bonds is 7. The van der Waals surface area contributed by atoms with E-state index in [4.69, 9.17) is 4.74 Å². The lowest BCUT2D eigenvalue weighted by molar-refractivity contribution is 0.409. The van der Waals surface area contributed by atoms with Crippen molar-refractivity contribution in [2.75, 3.05) is 13.7 Å². The van der Waals surface area contributed by atoms with Gasteiger partial charge in [0, 0.05) is 17.7 Å². The highest BCUT2D eigenvalue weighted by molar-refractivity contribution is 5.30. The molecule has 1 saturated carbocycles. The van der Waals surface area contributed by atoms with Gasteiger partial charge in [-0.25, -0.2) is 4.39 Å². The van der Waals surface area contributed by atoms with E-state index in [1.54, 1.807) is 7.11 Å². The van der Waals surface area contributed by atoms with Gasteiger partial charge in [0.25, 0.3) is 0 Å². The molecular formula is C17H26FNO. The van der Waals surface area contributed by atoms with Crippen LogP contribution in [0.4, 0.5) is 4.39 Å². The van der Waals surface area contributed by atoms with Crippen molar-refractivity contribution in [2.45, 2.75) is 51.5 Å². The summed E-state index contributed by atoms with van der Waals surface area (Å²) in [4.78, 5) is 0. The largest absolute Gasteiger partial charge is 0.497 e. The van der Waals surface area contributed by atoms with Gasteiger partial charge in [-0.15, -0.1) is 0 Å². The van der Waals surface area contributed by atoms with Crippen LogP contribution in [0.15, 0.2) is 18.2 Å². The molecule has 1 aliphatic rings. The third-order valence-electron chi connectivity index (χ3n) is 4.39. The van der Waals surface area contributed by atoms with Crippen LogP contribution in [-0.2, 0) is 0 Å². The molecule has 0 spiro atoms. The van der Waals surface area contributed by atoms with Gasteiger partial charge in [-0.3, -0.25) is 0 Å². The smallest absolute Gasteiger partial charge is 0.131 e. The Kier molecular flexibility index (Phi) is 5.84. The summed E-state index contributed by atoms with van der Waals surface area (Å²) in [5.41, 5.74) is 0.715. The molecule has 1 aromatic rings. The van der Waals surface area contributed by atoms with Gasteiger partial charge >= 0.3 is 0 Å². The summed E-state index contributed by atoms with van der Waals surface area (Å²) in [5.74, 6) is 1.31. The summed E-state index contributed by atoms with van der Waals surface area (Å²) in [6.45, 7) is 2.98. The fraction of sp³-hybridized carbons (Fsp3) is 0.647. The average molecular weight is 279 g/mol. The summed E-state index contributed by atoms with van der Waals surface area (Å²) in [5, 5.41) is 3.42. The highest BCUT2D eigenvalue weighted by atomic mass is 19.1. The van der Waals surface area contributed by atoms with Gasteiger partial charge in [-0.2, -0.15) is 0 Å². The van der Waals surface area contributed by atoms with Gasteiger partial charge < -0.3 is 10.1 Å². The van der Waals surface area contributed by atoms with Crippen molar-refractivity contribution < 1.29 is 9.13 Å². The minimum Gasteiger partial charge on any atom is -0.497 e. The Hall–Kier alpha value is -1.09. The third kappa shape index (κ3) is 4.20. The Bertz CT molecular complexity index is 415. The van der Waals surface area contributed by atoms with Crippen LogP contribution in [0, 0.1) is 11.7 Å². The van der Waals surface area contributed by atoms with Crippen LogP contribution < -0.4 is 10.1 Å². The zero-order valence-corrected chi connectivity index (χ0v) is 12.6. The second-order valence-corrected chi connectivity index (χ2v) is 5.86. The summed E-state index contributed by atoms with van der Waals surface area (Å²) < 4.78 is 18.9. The molecule has 1 unspecified atom stereocenters. The normalized spacial score (nSPS) is 17.4. The number of hydrogen-bond acceptors (Lipinski definition) is 2. The van der Waals surface area contributed by atoms with Crippen molar-refractivity contribution in [1.29, 1.82) is 0 Å². The zero-order valence-electron chi connectivity index (χ0n) is 12.6. The van der Waals surface area contributed by atoms with Crippen LogP contribution in [0.3, 0.4) is 0 Å². The van der Waals surface area contributed by atoms with Crippen LogP contribution in [0.5, 0.6) is 5.75 Å². The van der Waals surface area contributed by atoms with E-state index < -0.39 is 0 Å². The van der Waals surface area contributed by atoms with Gasteiger partial charge in [0.15, 0.2) is 0 Å². The van der Waals surface area contributed by atoms with E-state index in [-0.39, 0.29) is 11.9 Å². The maximum atomic E-state index is 13.9. The van der Waals surface area contributed by atoms with E-state index >= 15 is 0 Å². The third-order valence-corrected chi connectivity index (χ3v) is 4.39. The number of hydrogen-bond donors (Lipinski definition) is 1. The lowest BCUT2D eigenvalue weighted by Gasteiger charge is -2.16. The monoisotopic (exact) mass is 279 g/mol. The molecule has 1 atom stereocenters. The van der Waals surface area contributed by atoms with Crippen molar-refractivity contribution in [1.82, 2.24) is 5.32 Å². The topological polar surface area (TPSA) is 21.3 Å². The SMILES string of the molecule is COc1ccc(C(C)NCCCC2CCCC2)c(F)c1. The molecule has 0 aromatic heterocycles. The quantitative estimate of drug-likeness (QED) is 0.744.